The maximum Gasteiger partial charge on any atom is 0.106 e. The van der Waals surface area contributed by atoms with Crippen molar-refractivity contribution in [1.29, 1.82) is 0 Å². The number of hydrogen-bond acceptors (Lipinski definition) is 5. The molecule has 4 nitrogen and oxygen atoms in total. The van der Waals surface area contributed by atoms with Crippen molar-refractivity contribution in [2.45, 2.75) is 32.0 Å². The maximum absolute atomic E-state index is 5.59. The van der Waals surface area contributed by atoms with E-state index in [1.165, 1.54) is 25.1 Å². The van der Waals surface area contributed by atoms with E-state index >= 15 is 0 Å². The smallest absolute Gasteiger partial charge is 0.106 e. The lowest BCUT2D eigenvalue weighted by molar-refractivity contribution is 0.199. The molecule has 0 radical (unpaired) electrons. The number of hydrogen-bond donors (Lipinski definition) is 1. The van der Waals surface area contributed by atoms with Gasteiger partial charge in [-0.1, -0.05) is 0 Å². The molecule has 5 heteroatoms. The summed E-state index contributed by atoms with van der Waals surface area (Å²) in [5.74, 6) is 0. The molecular weight excluding hydrogens is 232 g/mol. The van der Waals surface area contributed by atoms with Crippen molar-refractivity contribution in [1.82, 2.24) is 14.8 Å². The number of likely N-dealkylation sites (N-methyl/N-ethyl adjacent to an activating group) is 1. The first-order chi connectivity index (χ1) is 8.19. The lowest BCUT2D eigenvalue weighted by atomic mass is 10.2. The summed E-state index contributed by atoms with van der Waals surface area (Å²) in [6.45, 7) is 3.89. The fraction of sp³-hybridized carbons (Fsp3) is 0.750. The summed E-state index contributed by atoms with van der Waals surface area (Å²) in [4.78, 5) is 9.37. The van der Waals surface area contributed by atoms with Gasteiger partial charge < -0.3 is 10.6 Å². The van der Waals surface area contributed by atoms with E-state index in [4.69, 9.17) is 5.73 Å². The van der Waals surface area contributed by atoms with E-state index < -0.39 is 0 Å². The van der Waals surface area contributed by atoms with Crippen LogP contribution in [0.4, 0.5) is 0 Å². The molecule has 1 fully saturated rings. The first-order valence-electron chi connectivity index (χ1n) is 6.21. The highest BCUT2D eigenvalue weighted by atomic mass is 32.1. The van der Waals surface area contributed by atoms with Gasteiger partial charge in [-0.2, -0.15) is 0 Å². The molecule has 1 saturated heterocycles. The van der Waals surface area contributed by atoms with Gasteiger partial charge in [0.1, 0.15) is 5.01 Å². The van der Waals surface area contributed by atoms with E-state index in [0.717, 1.165) is 18.1 Å². The topological polar surface area (TPSA) is 45.4 Å². The minimum atomic E-state index is 0.561. The number of nitrogens with two attached hydrogens (primary N) is 1. The van der Waals surface area contributed by atoms with Crippen LogP contribution in [0.25, 0.3) is 0 Å². The van der Waals surface area contributed by atoms with Crippen molar-refractivity contribution in [3.8, 4) is 0 Å². The molecule has 0 aliphatic carbocycles. The Hall–Kier alpha value is -0.490. The van der Waals surface area contributed by atoms with E-state index in [1.807, 2.05) is 0 Å². The van der Waals surface area contributed by atoms with E-state index in [0.29, 0.717) is 12.6 Å². The molecule has 1 unspecified atom stereocenters. The third-order valence-electron chi connectivity index (χ3n) is 3.21. The molecule has 0 amide bonds. The predicted molar refractivity (Wildman–Crippen MR) is 72.0 cm³/mol. The lowest BCUT2D eigenvalue weighted by Crippen LogP contribution is -2.37. The van der Waals surface area contributed by atoms with Gasteiger partial charge >= 0.3 is 0 Å². The summed E-state index contributed by atoms with van der Waals surface area (Å²) in [5.41, 5.74) is 6.77. The molecule has 0 saturated carbocycles. The zero-order chi connectivity index (χ0) is 12.3. The molecule has 0 spiro atoms. The second-order valence-corrected chi connectivity index (χ2v) is 5.91. The van der Waals surface area contributed by atoms with Crippen LogP contribution >= 0.6 is 11.3 Å². The van der Waals surface area contributed by atoms with Crippen molar-refractivity contribution < 1.29 is 0 Å². The van der Waals surface area contributed by atoms with Gasteiger partial charge in [0.25, 0.3) is 0 Å². The van der Waals surface area contributed by atoms with Gasteiger partial charge in [-0.3, -0.25) is 4.90 Å². The molecule has 2 heterocycles. The molecule has 0 aromatic carbocycles. The minimum absolute atomic E-state index is 0.561. The SMILES string of the molecule is CN(C)CC1CCCN1Cc1csc(CN)n1. The van der Waals surface area contributed by atoms with Crippen LogP contribution in [0.2, 0.25) is 0 Å². The number of rotatable bonds is 5. The first kappa shape index (κ1) is 13.0. The summed E-state index contributed by atoms with van der Waals surface area (Å²) >= 11 is 1.67. The van der Waals surface area contributed by atoms with Crippen molar-refractivity contribution in [2.24, 2.45) is 5.73 Å². The predicted octanol–water partition coefficient (Wildman–Crippen LogP) is 1.13. The fourth-order valence-corrected chi connectivity index (χ4v) is 3.12. The van der Waals surface area contributed by atoms with Gasteiger partial charge in [0, 0.05) is 31.1 Å². The average Bonchev–Trinajstić information content (AvgIpc) is 2.89. The van der Waals surface area contributed by atoms with Crippen molar-refractivity contribution >= 4 is 11.3 Å². The van der Waals surface area contributed by atoms with Crippen molar-refractivity contribution in [2.75, 3.05) is 27.2 Å². The van der Waals surface area contributed by atoms with E-state index in [2.05, 4.69) is 34.3 Å². The Morgan fingerprint density at radius 2 is 2.41 bits per heavy atom. The molecular formula is C12H22N4S. The van der Waals surface area contributed by atoms with Crippen molar-refractivity contribution in [3.63, 3.8) is 0 Å². The number of aromatic nitrogens is 1. The Kier molecular flexibility index (Phi) is 4.50. The van der Waals surface area contributed by atoms with Crippen LogP contribution in [0.15, 0.2) is 5.38 Å². The third kappa shape index (κ3) is 3.48. The summed E-state index contributed by atoms with van der Waals surface area (Å²) in [6.07, 6.45) is 2.62. The Morgan fingerprint density at radius 3 is 3.06 bits per heavy atom. The molecule has 1 atom stereocenters. The van der Waals surface area contributed by atoms with Gasteiger partial charge in [0.15, 0.2) is 0 Å². The second-order valence-electron chi connectivity index (χ2n) is 4.97. The quantitative estimate of drug-likeness (QED) is 0.855. The largest absolute Gasteiger partial charge is 0.325 e. The molecule has 0 bridgehead atoms. The van der Waals surface area contributed by atoms with Crippen LogP contribution in [-0.4, -0.2) is 48.0 Å². The number of nitrogens with zero attached hydrogens (tertiary/aromatic N) is 3. The molecule has 1 aliphatic rings. The Bertz CT molecular complexity index is 350. The first-order valence-corrected chi connectivity index (χ1v) is 7.09. The average molecular weight is 254 g/mol. The van der Waals surface area contributed by atoms with Gasteiger partial charge in [-0.25, -0.2) is 4.98 Å². The van der Waals surface area contributed by atoms with Gasteiger partial charge in [0.2, 0.25) is 0 Å². The summed E-state index contributed by atoms with van der Waals surface area (Å²) in [7, 11) is 4.29. The van der Waals surface area contributed by atoms with Crippen molar-refractivity contribution in [3.05, 3.63) is 16.1 Å². The summed E-state index contributed by atoms with van der Waals surface area (Å²) < 4.78 is 0. The second kappa shape index (κ2) is 5.91. The van der Waals surface area contributed by atoms with Gasteiger partial charge in [0.05, 0.1) is 5.69 Å². The van der Waals surface area contributed by atoms with Gasteiger partial charge in [-0.15, -0.1) is 11.3 Å². The molecule has 17 heavy (non-hydrogen) atoms. The van der Waals surface area contributed by atoms with E-state index in [9.17, 15) is 0 Å². The minimum Gasteiger partial charge on any atom is -0.325 e. The Balaban J connectivity index is 1.92. The highest BCUT2D eigenvalue weighted by Gasteiger charge is 2.25. The maximum atomic E-state index is 5.59. The Morgan fingerprint density at radius 1 is 1.59 bits per heavy atom. The molecule has 1 aromatic rings. The van der Waals surface area contributed by atoms with Crippen LogP contribution in [0.3, 0.4) is 0 Å². The molecule has 2 N–H and O–H groups in total. The molecule has 96 valence electrons. The molecule has 2 rings (SSSR count). The van der Waals surface area contributed by atoms with E-state index in [1.54, 1.807) is 11.3 Å². The van der Waals surface area contributed by atoms with Crippen LogP contribution in [0.1, 0.15) is 23.5 Å². The monoisotopic (exact) mass is 254 g/mol. The van der Waals surface area contributed by atoms with E-state index in [-0.39, 0.29) is 0 Å². The van der Waals surface area contributed by atoms with Crippen LogP contribution in [0, 0.1) is 0 Å². The standard InChI is InChI=1S/C12H22N4S/c1-15(2)8-11-4-3-5-16(11)7-10-9-17-12(6-13)14-10/h9,11H,3-8,13H2,1-2H3. The fourth-order valence-electron chi connectivity index (χ4n) is 2.45. The summed E-state index contributed by atoms with van der Waals surface area (Å²) in [6, 6.07) is 0.688. The molecule has 1 aliphatic heterocycles. The van der Waals surface area contributed by atoms with Crippen LogP contribution in [-0.2, 0) is 13.1 Å². The lowest BCUT2D eigenvalue weighted by Gasteiger charge is -2.26. The highest BCUT2D eigenvalue weighted by Crippen LogP contribution is 2.21. The van der Waals surface area contributed by atoms with Crippen LogP contribution < -0.4 is 5.73 Å². The zero-order valence-electron chi connectivity index (χ0n) is 10.7. The van der Waals surface area contributed by atoms with Gasteiger partial charge in [-0.05, 0) is 33.5 Å². The summed E-state index contributed by atoms with van der Waals surface area (Å²) in [5, 5.41) is 3.19. The molecule has 1 aromatic heterocycles. The van der Waals surface area contributed by atoms with Crippen LogP contribution in [0.5, 0.6) is 0 Å². The zero-order valence-corrected chi connectivity index (χ0v) is 11.5. The normalized spacial score (nSPS) is 21.5. The number of thiazole rings is 1. The Labute approximate surface area is 107 Å². The number of likely N-dealkylation sites (tertiary alicyclic amines) is 1. The third-order valence-corrected chi connectivity index (χ3v) is 4.13. The highest BCUT2D eigenvalue weighted by molar-refractivity contribution is 7.09.